The first kappa shape index (κ1) is 23.5. The highest BCUT2D eigenvalue weighted by molar-refractivity contribution is 5.92. The lowest BCUT2D eigenvalue weighted by molar-refractivity contribution is -0.142. The molecule has 31 heavy (non-hydrogen) atoms. The van der Waals surface area contributed by atoms with Gasteiger partial charge in [0.1, 0.15) is 12.1 Å². The van der Waals surface area contributed by atoms with Crippen molar-refractivity contribution in [3.05, 3.63) is 54.1 Å². The summed E-state index contributed by atoms with van der Waals surface area (Å²) in [5.41, 5.74) is 12.5. The van der Waals surface area contributed by atoms with Crippen LogP contribution in [0.1, 0.15) is 24.1 Å². The number of aliphatic carboxylic acids is 1. The Kier molecular flexibility index (Phi) is 8.70. The van der Waals surface area contributed by atoms with Crippen molar-refractivity contribution >= 4 is 23.7 Å². The molecule has 2 rings (SSSR count). The number of carbonyl (C=O) groups excluding carboxylic acids is 3. The van der Waals surface area contributed by atoms with Gasteiger partial charge in [0, 0.05) is 24.7 Å². The summed E-state index contributed by atoms with van der Waals surface area (Å²) in [5.74, 6) is -3.30. The van der Waals surface area contributed by atoms with E-state index in [2.05, 4.69) is 20.6 Å². The number of amides is 3. The zero-order chi connectivity index (χ0) is 22.8. The average molecular weight is 430 g/mol. The molecule has 3 atom stereocenters. The van der Waals surface area contributed by atoms with Crippen molar-refractivity contribution in [3.63, 3.8) is 0 Å². The number of carboxylic acids is 1. The maximum Gasteiger partial charge on any atom is 0.326 e. The van der Waals surface area contributed by atoms with Gasteiger partial charge in [-0.25, -0.2) is 9.78 Å². The molecule has 1 aromatic heterocycles. The van der Waals surface area contributed by atoms with Crippen molar-refractivity contribution < 1.29 is 24.3 Å². The molecular formula is C20H26N6O5. The van der Waals surface area contributed by atoms with Gasteiger partial charge in [0.05, 0.1) is 12.4 Å². The van der Waals surface area contributed by atoms with E-state index in [9.17, 15) is 24.3 Å². The molecule has 166 valence electrons. The zero-order valence-corrected chi connectivity index (χ0v) is 16.8. The van der Waals surface area contributed by atoms with E-state index in [-0.39, 0.29) is 25.7 Å². The smallest absolute Gasteiger partial charge is 0.326 e. The molecule has 1 aromatic carbocycles. The molecule has 11 nitrogen and oxygen atoms in total. The molecule has 2 aromatic rings. The van der Waals surface area contributed by atoms with Crippen LogP contribution in [0, 0.1) is 0 Å². The third-order valence-corrected chi connectivity index (χ3v) is 4.54. The number of H-pyrrole nitrogens is 1. The second kappa shape index (κ2) is 11.5. The molecule has 0 saturated carbocycles. The summed E-state index contributed by atoms with van der Waals surface area (Å²) < 4.78 is 0. The number of nitrogens with two attached hydrogens (primary N) is 2. The summed E-state index contributed by atoms with van der Waals surface area (Å²) in [6, 6.07) is 5.81. The number of rotatable bonds is 12. The Balaban J connectivity index is 2.08. The van der Waals surface area contributed by atoms with Crippen molar-refractivity contribution in [2.24, 2.45) is 11.5 Å². The van der Waals surface area contributed by atoms with Gasteiger partial charge in [0.2, 0.25) is 17.7 Å². The predicted octanol–water partition coefficient (Wildman–Crippen LogP) is -1.16. The van der Waals surface area contributed by atoms with E-state index in [1.54, 1.807) is 0 Å². The van der Waals surface area contributed by atoms with E-state index in [4.69, 9.17) is 11.5 Å². The third kappa shape index (κ3) is 7.90. The first-order chi connectivity index (χ1) is 14.8. The molecule has 11 heteroatoms. The van der Waals surface area contributed by atoms with Crippen LogP contribution in [-0.4, -0.2) is 56.9 Å². The van der Waals surface area contributed by atoms with Crippen LogP contribution in [0.15, 0.2) is 42.9 Å². The molecule has 0 saturated heterocycles. The summed E-state index contributed by atoms with van der Waals surface area (Å²) in [6.07, 6.45) is 2.82. The number of nitrogens with one attached hydrogen (secondary N) is 3. The minimum Gasteiger partial charge on any atom is -0.480 e. The lowest BCUT2D eigenvalue weighted by Gasteiger charge is -2.22. The minimum atomic E-state index is -1.33. The van der Waals surface area contributed by atoms with E-state index >= 15 is 0 Å². The molecule has 0 fully saturated rings. The van der Waals surface area contributed by atoms with Crippen LogP contribution in [0.4, 0.5) is 0 Å². The fourth-order valence-electron chi connectivity index (χ4n) is 2.88. The van der Waals surface area contributed by atoms with Gasteiger partial charge in [-0.2, -0.15) is 0 Å². The minimum absolute atomic E-state index is 0.0395. The number of hydrogen-bond acceptors (Lipinski definition) is 6. The second-order valence-electron chi connectivity index (χ2n) is 7.04. The standard InChI is InChI=1S/C20H26N6O5/c21-14(8-12-4-2-1-3-5-12)18(28)26-16(9-13-10-23-11-24-13)19(29)25-15(20(30)31)6-7-17(22)27/h1-5,10-11,14-16H,6-9,21H2,(H2,22,27)(H,23,24)(H,25,29)(H,26,28)(H,30,31)/t14-,15-,16-/m0/s1. The summed E-state index contributed by atoms with van der Waals surface area (Å²) >= 11 is 0. The fourth-order valence-corrected chi connectivity index (χ4v) is 2.88. The van der Waals surface area contributed by atoms with Crippen LogP contribution in [0.3, 0.4) is 0 Å². The molecule has 0 aliphatic rings. The Morgan fingerprint density at radius 2 is 1.71 bits per heavy atom. The van der Waals surface area contributed by atoms with Gasteiger partial charge in [-0.3, -0.25) is 14.4 Å². The summed E-state index contributed by atoms with van der Waals surface area (Å²) in [6.45, 7) is 0. The number of carbonyl (C=O) groups is 4. The lowest BCUT2D eigenvalue weighted by atomic mass is 10.0. The number of aromatic amines is 1. The summed E-state index contributed by atoms with van der Waals surface area (Å²) in [5, 5.41) is 14.2. The van der Waals surface area contributed by atoms with Gasteiger partial charge in [-0.1, -0.05) is 30.3 Å². The highest BCUT2D eigenvalue weighted by Gasteiger charge is 2.28. The van der Waals surface area contributed by atoms with Gasteiger partial charge in [0.15, 0.2) is 0 Å². The van der Waals surface area contributed by atoms with Crippen LogP contribution in [0.5, 0.6) is 0 Å². The number of benzene rings is 1. The molecular weight excluding hydrogens is 404 g/mol. The number of aromatic nitrogens is 2. The highest BCUT2D eigenvalue weighted by atomic mass is 16.4. The van der Waals surface area contributed by atoms with Crippen LogP contribution in [0.2, 0.25) is 0 Å². The zero-order valence-electron chi connectivity index (χ0n) is 16.8. The highest BCUT2D eigenvalue weighted by Crippen LogP contribution is 2.05. The maximum absolute atomic E-state index is 12.8. The van der Waals surface area contributed by atoms with Crippen molar-refractivity contribution in [1.82, 2.24) is 20.6 Å². The van der Waals surface area contributed by atoms with Crippen LogP contribution in [0.25, 0.3) is 0 Å². The van der Waals surface area contributed by atoms with Gasteiger partial charge < -0.3 is 32.2 Å². The number of primary amides is 1. The van der Waals surface area contributed by atoms with Crippen LogP contribution >= 0.6 is 0 Å². The number of hydrogen-bond donors (Lipinski definition) is 6. The van der Waals surface area contributed by atoms with Crippen molar-refractivity contribution in [3.8, 4) is 0 Å². The Bertz CT molecular complexity index is 887. The average Bonchev–Trinajstić information content (AvgIpc) is 3.23. The quantitative estimate of drug-likeness (QED) is 0.244. The summed E-state index contributed by atoms with van der Waals surface area (Å²) in [4.78, 5) is 54.5. The lowest BCUT2D eigenvalue weighted by Crippen LogP contribution is -2.55. The first-order valence-electron chi connectivity index (χ1n) is 9.65. The molecule has 0 aliphatic heterocycles. The SMILES string of the molecule is NC(=O)CC[C@H](NC(=O)[C@H](Cc1cnc[nH]1)NC(=O)[C@@H](N)Cc1ccccc1)C(=O)O. The summed E-state index contributed by atoms with van der Waals surface area (Å²) in [7, 11) is 0. The predicted molar refractivity (Wildman–Crippen MR) is 110 cm³/mol. The Morgan fingerprint density at radius 1 is 1.03 bits per heavy atom. The van der Waals surface area contributed by atoms with E-state index < -0.39 is 41.8 Å². The van der Waals surface area contributed by atoms with Crippen LogP contribution < -0.4 is 22.1 Å². The molecule has 1 heterocycles. The molecule has 0 aliphatic carbocycles. The van der Waals surface area contributed by atoms with E-state index in [1.807, 2.05) is 30.3 Å². The Hall–Kier alpha value is -3.73. The number of imidazole rings is 1. The molecule has 8 N–H and O–H groups in total. The van der Waals surface area contributed by atoms with Gasteiger partial charge in [-0.05, 0) is 18.4 Å². The fraction of sp³-hybridized carbons (Fsp3) is 0.350. The molecule has 0 bridgehead atoms. The number of nitrogens with zero attached hydrogens (tertiary/aromatic N) is 1. The van der Waals surface area contributed by atoms with Gasteiger partial charge >= 0.3 is 5.97 Å². The number of carboxylic acid groups (broad SMARTS) is 1. The second-order valence-corrected chi connectivity index (χ2v) is 7.04. The Labute approximate surface area is 178 Å². The molecule has 0 radical (unpaired) electrons. The van der Waals surface area contributed by atoms with Gasteiger partial charge in [0.25, 0.3) is 0 Å². The molecule has 0 spiro atoms. The Morgan fingerprint density at radius 3 is 2.29 bits per heavy atom. The monoisotopic (exact) mass is 430 g/mol. The van der Waals surface area contributed by atoms with Crippen molar-refractivity contribution in [2.75, 3.05) is 0 Å². The van der Waals surface area contributed by atoms with Crippen LogP contribution in [-0.2, 0) is 32.0 Å². The van der Waals surface area contributed by atoms with E-state index in [1.165, 1.54) is 12.5 Å². The topological polar surface area (TPSA) is 193 Å². The molecule has 0 unspecified atom stereocenters. The van der Waals surface area contributed by atoms with Crippen molar-refractivity contribution in [2.45, 2.75) is 43.8 Å². The third-order valence-electron chi connectivity index (χ3n) is 4.54. The normalized spacial score (nSPS) is 13.6. The maximum atomic E-state index is 12.8. The van der Waals surface area contributed by atoms with Crippen molar-refractivity contribution in [1.29, 1.82) is 0 Å². The van der Waals surface area contributed by atoms with E-state index in [0.29, 0.717) is 5.69 Å². The van der Waals surface area contributed by atoms with E-state index in [0.717, 1.165) is 5.56 Å². The first-order valence-corrected chi connectivity index (χ1v) is 9.65. The van der Waals surface area contributed by atoms with Gasteiger partial charge in [-0.15, -0.1) is 0 Å². The largest absolute Gasteiger partial charge is 0.480 e. The molecule has 3 amide bonds.